The Morgan fingerprint density at radius 2 is 2.09 bits per heavy atom. The number of rotatable bonds is 4. The Balaban J connectivity index is 1.96. The van der Waals surface area contributed by atoms with E-state index in [4.69, 9.17) is 4.98 Å². The van der Waals surface area contributed by atoms with Gasteiger partial charge in [0, 0.05) is 19.6 Å². The number of aryl methyl sites for hydroxylation is 1. The van der Waals surface area contributed by atoms with Gasteiger partial charge in [0.25, 0.3) is 0 Å². The Labute approximate surface area is 142 Å². The summed E-state index contributed by atoms with van der Waals surface area (Å²) in [6, 6.07) is 3.99. The van der Waals surface area contributed by atoms with Crippen LogP contribution in [0.1, 0.15) is 26.2 Å². The second-order valence-corrected chi connectivity index (χ2v) is 7.62. The summed E-state index contributed by atoms with van der Waals surface area (Å²) in [6.45, 7) is 4.88. The van der Waals surface area contributed by atoms with Gasteiger partial charge in [0.2, 0.25) is 0 Å². The predicted octanol–water partition coefficient (Wildman–Crippen LogP) is 3.59. The Morgan fingerprint density at radius 1 is 1.26 bits per heavy atom. The Kier molecular flexibility index (Phi) is 3.90. The minimum Gasteiger partial charge on any atom is -0.348 e. The van der Waals surface area contributed by atoms with Crippen molar-refractivity contribution in [2.45, 2.75) is 32.7 Å². The first-order chi connectivity index (χ1) is 11.3. The molecule has 0 bridgehead atoms. The monoisotopic (exact) mass is 346 g/mol. The van der Waals surface area contributed by atoms with Gasteiger partial charge in [0.15, 0.2) is 5.13 Å². The van der Waals surface area contributed by atoms with Crippen molar-refractivity contribution in [3.05, 3.63) is 28.0 Å². The third-order valence-corrected chi connectivity index (χ3v) is 6.10. The minimum atomic E-state index is -0.167. The number of aromatic nitrogens is 3. The van der Waals surface area contributed by atoms with E-state index in [1.54, 1.807) is 27.2 Å². The molecule has 0 aliphatic carbocycles. The van der Waals surface area contributed by atoms with Crippen LogP contribution in [0.5, 0.6) is 0 Å². The highest BCUT2D eigenvalue weighted by molar-refractivity contribution is 7.22. The zero-order chi connectivity index (χ0) is 15.8. The first-order valence-corrected chi connectivity index (χ1v) is 9.67. The summed E-state index contributed by atoms with van der Waals surface area (Å²) >= 11 is 3.23. The van der Waals surface area contributed by atoms with Gasteiger partial charge in [-0.2, -0.15) is 4.98 Å². The number of nitrogens with zero attached hydrogens (tertiary/aromatic N) is 4. The molecular formula is C16H18N4OS2. The van der Waals surface area contributed by atoms with Crippen molar-refractivity contribution in [1.29, 1.82) is 0 Å². The van der Waals surface area contributed by atoms with Crippen LogP contribution in [0.15, 0.2) is 22.3 Å². The lowest BCUT2D eigenvalue weighted by molar-refractivity contribution is 0.664. The van der Waals surface area contributed by atoms with Crippen LogP contribution in [0.2, 0.25) is 0 Å². The van der Waals surface area contributed by atoms with E-state index in [0.29, 0.717) is 6.54 Å². The molecule has 0 spiro atoms. The van der Waals surface area contributed by atoms with Crippen LogP contribution in [0, 0.1) is 0 Å². The summed E-state index contributed by atoms with van der Waals surface area (Å²) in [5, 5.41) is 3.03. The maximum Gasteiger partial charge on any atom is 0.349 e. The SMILES string of the molecule is CCCn1c(=O)nc(-c2cccs2)c2nc(N3CCCC3)sc21. The van der Waals surface area contributed by atoms with Gasteiger partial charge in [-0.25, -0.2) is 9.78 Å². The molecule has 0 aromatic carbocycles. The van der Waals surface area contributed by atoms with Gasteiger partial charge >= 0.3 is 5.69 Å². The Hall–Kier alpha value is -1.73. The highest BCUT2D eigenvalue weighted by Crippen LogP contribution is 2.35. The number of thiophene rings is 1. The quantitative estimate of drug-likeness (QED) is 0.724. The van der Waals surface area contributed by atoms with Crippen molar-refractivity contribution in [1.82, 2.24) is 14.5 Å². The van der Waals surface area contributed by atoms with Crippen molar-refractivity contribution >= 4 is 38.2 Å². The summed E-state index contributed by atoms with van der Waals surface area (Å²) in [7, 11) is 0. The molecule has 4 heterocycles. The number of thiazole rings is 1. The van der Waals surface area contributed by atoms with E-state index in [2.05, 4.69) is 16.8 Å². The molecule has 1 fully saturated rings. The molecule has 1 aliphatic rings. The van der Waals surface area contributed by atoms with E-state index >= 15 is 0 Å². The van der Waals surface area contributed by atoms with Gasteiger partial charge in [0.05, 0.1) is 4.88 Å². The standard InChI is InChI=1S/C16H18N4OS2/c1-2-7-20-14-13(18-16(23-14)19-8-3-4-9-19)12(17-15(20)21)11-6-5-10-22-11/h5-6,10H,2-4,7-9H2,1H3. The molecule has 120 valence electrons. The molecule has 4 rings (SSSR count). The first kappa shape index (κ1) is 14.8. The molecule has 5 nitrogen and oxygen atoms in total. The van der Waals surface area contributed by atoms with Crippen molar-refractivity contribution in [2.75, 3.05) is 18.0 Å². The highest BCUT2D eigenvalue weighted by Gasteiger charge is 2.21. The molecule has 0 amide bonds. The largest absolute Gasteiger partial charge is 0.349 e. The van der Waals surface area contributed by atoms with Crippen LogP contribution >= 0.6 is 22.7 Å². The molecule has 0 N–H and O–H groups in total. The lowest BCUT2D eigenvalue weighted by Gasteiger charge is -2.11. The average Bonchev–Trinajstić information content (AvgIpc) is 3.30. The third-order valence-electron chi connectivity index (χ3n) is 4.08. The minimum absolute atomic E-state index is 0.167. The predicted molar refractivity (Wildman–Crippen MR) is 96.7 cm³/mol. The highest BCUT2D eigenvalue weighted by atomic mass is 32.1. The lowest BCUT2D eigenvalue weighted by atomic mass is 10.3. The van der Waals surface area contributed by atoms with Crippen molar-refractivity contribution in [2.24, 2.45) is 0 Å². The van der Waals surface area contributed by atoms with E-state index < -0.39 is 0 Å². The Bertz CT molecular complexity index is 876. The second-order valence-electron chi connectivity index (χ2n) is 5.72. The maximum atomic E-state index is 12.5. The van der Waals surface area contributed by atoms with E-state index in [9.17, 15) is 4.79 Å². The smallest absolute Gasteiger partial charge is 0.348 e. The molecule has 23 heavy (non-hydrogen) atoms. The van der Waals surface area contributed by atoms with Crippen molar-refractivity contribution < 1.29 is 0 Å². The van der Waals surface area contributed by atoms with Crippen LogP contribution in [0.4, 0.5) is 5.13 Å². The molecule has 0 unspecified atom stereocenters. The Morgan fingerprint density at radius 3 is 2.78 bits per heavy atom. The van der Waals surface area contributed by atoms with Crippen LogP contribution in [0.25, 0.3) is 20.9 Å². The van der Waals surface area contributed by atoms with Gasteiger partial charge in [0.1, 0.15) is 16.0 Å². The second kappa shape index (κ2) is 6.05. The topological polar surface area (TPSA) is 51.0 Å². The van der Waals surface area contributed by atoms with Gasteiger partial charge in [-0.05, 0) is 30.7 Å². The van der Waals surface area contributed by atoms with Crippen molar-refractivity contribution in [3.63, 3.8) is 0 Å². The molecule has 3 aromatic rings. The summed E-state index contributed by atoms with van der Waals surface area (Å²) in [4.78, 5) is 26.0. The molecule has 0 radical (unpaired) electrons. The number of anilines is 1. The van der Waals surface area contributed by atoms with Gasteiger partial charge in [-0.15, -0.1) is 11.3 Å². The van der Waals surface area contributed by atoms with E-state index in [1.807, 2.05) is 17.5 Å². The fourth-order valence-electron chi connectivity index (χ4n) is 2.98. The molecule has 3 aromatic heterocycles. The van der Waals surface area contributed by atoms with E-state index in [1.165, 1.54) is 12.8 Å². The normalized spacial score (nSPS) is 14.9. The maximum absolute atomic E-state index is 12.5. The van der Waals surface area contributed by atoms with Crippen LogP contribution in [-0.4, -0.2) is 27.6 Å². The molecule has 0 saturated carbocycles. The fraction of sp³-hybridized carbons (Fsp3) is 0.438. The van der Waals surface area contributed by atoms with Crippen molar-refractivity contribution in [3.8, 4) is 10.6 Å². The number of hydrogen-bond donors (Lipinski definition) is 0. The van der Waals surface area contributed by atoms with Crippen LogP contribution in [0.3, 0.4) is 0 Å². The van der Waals surface area contributed by atoms with E-state index in [-0.39, 0.29) is 5.69 Å². The zero-order valence-electron chi connectivity index (χ0n) is 13.0. The number of hydrogen-bond acceptors (Lipinski definition) is 6. The average molecular weight is 346 g/mol. The molecule has 1 saturated heterocycles. The summed E-state index contributed by atoms with van der Waals surface area (Å²) in [5.41, 5.74) is 1.43. The first-order valence-electron chi connectivity index (χ1n) is 7.98. The van der Waals surface area contributed by atoms with Gasteiger partial charge in [-0.3, -0.25) is 4.57 Å². The third kappa shape index (κ3) is 2.57. The molecule has 7 heteroatoms. The fourth-order valence-corrected chi connectivity index (χ4v) is 4.84. The summed E-state index contributed by atoms with van der Waals surface area (Å²) < 4.78 is 1.78. The summed E-state index contributed by atoms with van der Waals surface area (Å²) in [6.07, 6.45) is 3.34. The van der Waals surface area contributed by atoms with Crippen LogP contribution < -0.4 is 10.6 Å². The number of fused-ring (bicyclic) bond motifs is 1. The van der Waals surface area contributed by atoms with Crippen LogP contribution in [-0.2, 0) is 6.54 Å². The zero-order valence-corrected chi connectivity index (χ0v) is 14.6. The molecule has 0 atom stereocenters. The molecular weight excluding hydrogens is 328 g/mol. The summed E-state index contributed by atoms with van der Waals surface area (Å²) in [5.74, 6) is 0. The molecule has 1 aliphatic heterocycles. The van der Waals surface area contributed by atoms with E-state index in [0.717, 1.165) is 45.6 Å². The van der Waals surface area contributed by atoms with Gasteiger partial charge in [-0.1, -0.05) is 24.3 Å². The lowest BCUT2D eigenvalue weighted by Crippen LogP contribution is -2.23. The van der Waals surface area contributed by atoms with Gasteiger partial charge < -0.3 is 4.90 Å².